The van der Waals surface area contributed by atoms with E-state index in [1.807, 2.05) is 18.2 Å². The first kappa shape index (κ1) is 13.8. The van der Waals surface area contributed by atoms with Crippen LogP contribution in [0, 0.1) is 11.6 Å². The Labute approximate surface area is 125 Å². The SMILES string of the molecule is Fc1ccc(F)c(CNc2ccc3c(c2)C(Cl)=NNC3)c1. The first-order valence-corrected chi connectivity index (χ1v) is 6.78. The summed E-state index contributed by atoms with van der Waals surface area (Å²) < 4.78 is 26.7. The molecule has 2 aromatic rings. The third-order valence-electron chi connectivity index (χ3n) is 3.27. The normalized spacial score (nSPS) is 13.2. The number of halogens is 3. The number of anilines is 1. The second-order valence-corrected chi connectivity index (χ2v) is 5.06. The number of hydrogen-bond acceptors (Lipinski definition) is 3. The van der Waals surface area contributed by atoms with Crippen molar-refractivity contribution in [2.75, 3.05) is 5.32 Å². The Hall–Kier alpha value is -2.14. The van der Waals surface area contributed by atoms with Crippen LogP contribution in [0.1, 0.15) is 16.7 Å². The fourth-order valence-electron chi connectivity index (χ4n) is 2.16. The van der Waals surface area contributed by atoms with Crippen molar-refractivity contribution in [1.82, 2.24) is 5.43 Å². The molecule has 1 aliphatic heterocycles. The van der Waals surface area contributed by atoms with Gasteiger partial charge in [-0.1, -0.05) is 17.7 Å². The molecule has 108 valence electrons. The third-order valence-corrected chi connectivity index (χ3v) is 3.56. The lowest BCUT2D eigenvalue weighted by Gasteiger charge is -2.16. The third kappa shape index (κ3) is 2.97. The molecule has 0 unspecified atom stereocenters. The fourth-order valence-corrected chi connectivity index (χ4v) is 2.40. The van der Waals surface area contributed by atoms with Crippen molar-refractivity contribution >= 4 is 22.5 Å². The molecule has 0 bridgehead atoms. The summed E-state index contributed by atoms with van der Waals surface area (Å²) in [7, 11) is 0. The highest BCUT2D eigenvalue weighted by Crippen LogP contribution is 2.21. The fraction of sp³-hybridized carbons (Fsp3) is 0.133. The van der Waals surface area contributed by atoms with Crippen LogP contribution in [0.2, 0.25) is 0 Å². The molecule has 21 heavy (non-hydrogen) atoms. The molecular weight excluding hydrogens is 296 g/mol. The maximum Gasteiger partial charge on any atom is 0.156 e. The Bertz CT molecular complexity index is 716. The molecule has 0 saturated heterocycles. The molecule has 3 nitrogen and oxygen atoms in total. The van der Waals surface area contributed by atoms with Crippen LogP contribution in [0.15, 0.2) is 41.5 Å². The number of benzene rings is 2. The summed E-state index contributed by atoms with van der Waals surface area (Å²) in [6, 6.07) is 9.03. The maximum absolute atomic E-state index is 13.6. The van der Waals surface area contributed by atoms with Gasteiger partial charge in [0.1, 0.15) is 11.6 Å². The Balaban J connectivity index is 1.79. The molecule has 0 radical (unpaired) electrons. The molecule has 6 heteroatoms. The van der Waals surface area contributed by atoms with Crippen molar-refractivity contribution in [3.8, 4) is 0 Å². The molecule has 2 N–H and O–H groups in total. The van der Waals surface area contributed by atoms with Gasteiger partial charge in [-0.15, -0.1) is 0 Å². The summed E-state index contributed by atoms with van der Waals surface area (Å²) in [5, 5.41) is 7.40. The van der Waals surface area contributed by atoms with Crippen molar-refractivity contribution in [1.29, 1.82) is 0 Å². The lowest BCUT2D eigenvalue weighted by atomic mass is 10.1. The van der Waals surface area contributed by atoms with Crippen molar-refractivity contribution in [3.63, 3.8) is 0 Å². The average Bonchev–Trinajstić information content (AvgIpc) is 2.49. The van der Waals surface area contributed by atoms with Crippen LogP contribution in [-0.4, -0.2) is 5.17 Å². The molecule has 1 heterocycles. The van der Waals surface area contributed by atoms with E-state index in [0.29, 0.717) is 11.7 Å². The van der Waals surface area contributed by atoms with Gasteiger partial charge >= 0.3 is 0 Å². The summed E-state index contributed by atoms with van der Waals surface area (Å²) >= 11 is 6.03. The first-order valence-electron chi connectivity index (χ1n) is 6.40. The molecule has 0 saturated carbocycles. The maximum atomic E-state index is 13.6. The summed E-state index contributed by atoms with van der Waals surface area (Å²) in [4.78, 5) is 0. The highest BCUT2D eigenvalue weighted by molar-refractivity contribution is 6.69. The zero-order valence-corrected chi connectivity index (χ0v) is 11.7. The molecule has 0 amide bonds. The Kier molecular flexibility index (Phi) is 3.75. The van der Waals surface area contributed by atoms with E-state index in [1.54, 1.807) is 0 Å². The average molecular weight is 308 g/mol. The van der Waals surface area contributed by atoms with E-state index < -0.39 is 11.6 Å². The lowest BCUT2D eigenvalue weighted by Crippen LogP contribution is -2.17. The van der Waals surface area contributed by atoms with Gasteiger partial charge in [0, 0.05) is 23.4 Å². The van der Waals surface area contributed by atoms with Gasteiger partial charge in [0.15, 0.2) is 5.17 Å². The summed E-state index contributed by atoms with van der Waals surface area (Å²) in [5.41, 5.74) is 5.74. The minimum absolute atomic E-state index is 0.190. The minimum atomic E-state index is -0.458. The number of rotatable bonds is 3. The van der Waals surface area contributed by atoms with Gasteiger partial charge in [-0.3, -0.25) is 0 Å². The molecule has 0 fully saturated rings. The van der Waals surface area contributed by atoms with Gasteiger partial charge < -0.3 is 10.7 Å². The Morgan fingerprint density at radius 3 is 2.90 bits per heavy atom. The predicted octanol–water partition coefficient (Wildman–Crippen LogP) is 3.58. The van der Waals surface area contributed by atoms with Crippen LogP contribution in [-0.2, 0) is 13.1 Å². The second-order valence-electron chi connectivity index (χ2n) is 4.70. The van der Waals surface area contributed by atoms with Gasteiger partial charge in [0.2, 0.25) is 0 Å². The van der Waals surface area contributed by atoms with E-state index in [-0.39, 0.29) is 12.1 Å². The van der Waals surface area contributed by atoms with E-state index in [9.17, 15) is 8.78 Å². The van der Waals surface area contributed by atoms with Crippen molar-refractivity contribution < 1.29 is 8.78 Å². The van der Waals surface area contributed by atoms with E-state index in [4.69, 9.17) is 11.6 Å². The molecule has 1 aliphatic rings. The van der Waals surface area contributed by atoms with Gasteiger partial charge in [0.25, 0.3) is 0 Å². The molecular formula is C15H12ClF2N3. The number of hydrogen-bond donors (Lipinski definition) is 2. The van der Waals surface area contributed by atoms with Crippen LogP contribution < -0.4 is 10.7 Å². The van der Waals surface area contributed by atoms with E-state index in [2.05, 4.69) is 15.8 Å². The summed E-state index contributed by atoms with van der Waals surface area (Å²) in [5.74, 6) is -0.898. The van der Waals surface area contributed by atoms with Gasteiger partial charge in [0.05, 0.1) is 6.54 Å². The smallest absolute Gasteiger partial charge is 0.156 e. The quantitative estimate of drug-likeness (QED) is 0.909. The topological polar surface area (TPSA) is 36.4 Å². The number of hydrazone groups is 1. The number of nitrogens with zero attached hydrogens (tertiary/aromatic N) is 1. The van der Waals surface area contributed by atoms with Gasteiger partial charge in [-0.05, 0) is 35.9 Å². The monoisotopic (exact) mass is 307 g/mol. The number of nitrogens with one attached hydrogen (secondary N) is 2. The molecule has 0 atom stereocenters. The van der Waals surface area contributed by atoms with Crippen LogP contribution in [0.4, 0.5) is 14.5 Å². The predicted molar refractivity (Wildman–Crippen MR) is 79.4 cm³/mol. The largest absolute Gasteiger partial charge is 0.381 e. The zero-order valence-electron chi connectivity index (χ0n) is 11.0. The lowest BCUT2D eigenvalue weighted by molar-refractivity contribution is 0.587. The standard InChI is InChI=1S/C15H12ClF2N3/c16-15-13-6-12(3-1-9(13)8-20-21-15)19-7-10-5-11(17)2-4-14(10)18/h1-6,19-20H,7-8H2. The van der Waals surface area contributed by atoms with Crippen LogP contribution >= 0.6 is 11.6 Å². The van der Waals surface area contributed by atoms with E-state index in [1.165, 1.54) is 6.07 Å². The number of fused-ring (bicyclic) bond motifs is 1. The second kappa shape index (κ2) is 5.69. The van der Waals surface area contributed by atoms with Gasteiger partial charge in [-0.2, -0.15) is 5.10 Å². The van der Waals surface area contributed by atoms with Crippen molar-refractivity contribution in [3.05, 3.63) is 64.7 Å². The highest BCUT2D eigenvalue weighted by Gasteiger charge is 2.13. The molecule has 0 spiro atoms. The first-order chi connectivity index (χ1) is 10.1. The van der Waals surface area contributed by atoms with Crippen LogP contribution in [0.5, 0.6) is 0 Å². The van der Waals surface area contributed by atoms with Crippen LogP contribution in [0.25, 0.3) is 0 Å². The Morgan fingerprint density at radius 1 is 1.19 bits per heavy atom. The summed E-state index contributed by atoms with van der Waals surface area (Å²) in [6.07, 6.45) is 0. The molecule has 3 rings (SSSR count). The van der Waals surface area contributed by atoms with E-state index >= 15 is 0 Å². The molecule has 0 aromatic heterocycles. The summed E-state index contributed by atoms with van der Waals surface area (Å²) in [6.45, 7) is 0.805. The zero-order chi connectivity index (χ0) is 14.8. The minimum Gasteiger partial charge on any atom is -0.381 e. The van der Waals surface area contributed by atoms with Crippen molar-refractivity contribution in [2.24, 2.45) is 5.10 Å². The molecule has 0 aliphatic carbocycles. The van der Waals surface area contributed by atoms with E-state index in [0.717, 1.165) is 28.9 Å². The van der Waals surface area contributed by atoms with Gasteiger partial charge in [-0.25, -0.2) is 8.78 Å². The Morgan fingerprint density at radius 2 is 2.05 bits per heavy atom. The van der Waals surface area contributed by atoms with Crippen LogP contribution in [0.3, 0.4) is 0 Å². The van der Waals surface area contributed by atoms with Crippen molar-refractivity contribution in [2.45, 2.75) is 13.1 Å². The molecule has 2 aromatic carbocycles. The highest BCUT2D eigenvalue weighted by atomic mass is 35.5.